The monoisotopic (exact) mass is 213 g/mol. The number of sulfonamides is 1. The van der Waals surface area contributed by atoms with E-state index in [0.29, 0.717) is 6.26 Å². The molecule has 0 aromatic heterocycles. The van der Waals surface area contributed by atoms with Crippen molar-refractivity contribution in [1.82, 2.24) is 0 Å². The summed E-state index contributed by atoms with van der Waals surface area (Å²) in [5, 5.41) is 28.9. The highest BCUT2D eigenvalue weighted by molar-refractivity contribution is 7.89. The van der Waals surface area contributed by atoms with Crippen molar-refractivity contribution in [3.63, 3.8) is 0 Å². The van der Waals surface area contributed by atoms with Crippen LogP contribution < -0.4 is 0 Å². The van der Waals surface area contributed by atoms with E-state index in [2.05, 4.69) is 4.52 Å². The third-order valence-corrected chi connectivity index (χ3v) is 1.35. The Balaban J connectivity index is 4.86. The van der Waals surface area contributed by atoms with Crippen molar-refractivity contribution in [2.75, 3.05) is 12.9 Å². The third kappa shape index (κ3) is 4.32. The van der Waals surface area contributed by atoms with Crippen LogP contribution in [-0.4, -0.2) is 42.3 Å². The first-order chi connectivity index (χ1) is 5.78. The average molecular weight is 213 g/mol. The number of hydrogen-bond acceptors (Lipinski definition) is 6. The van der Waals surface area contributed by atoms with Crippen molar-refractivity contribution < 1.29 is 23.3 Å². The average Bonchev–Trinajstić information content (AvgIpc) is 1.82. The van der Waals surface area contributed by atoms with Crippen molar-refractivity contribution in [3.05, 3.63) is 15.3 Å². The summed E-state index contributed by atoms with van der Waals surface area (Å²) in [5.74, 6) is 0. The van der Waals surface area contributed by atoms with Gasteiger partial charge in [-0.2, -0.15) is 8.42 Å². The Bertz CT molecular complexity index is 320. The summed E-state index contributed by atoms with van der Waals surface area (Å²) in [7, 11) is -3.99. The van der Waals surface area contributed by atoms with Gasteiger partial charge in [0, 0.05) is 0 Å². The van der Waals surface area contributed by atoms with Crippen molar-refractivity contribution >= 4 is 10.0 Å². The second-order valence-corrected chi connectivity index (χ2v) is 3.70. The molecule has 0 rings (SSSR count). The first-order valence-corrected chi connectivity index (χ1v) is 4.76. The number of nitrogens with zero attached hydrogens (tertiary/aromatic N) is 3. The fourth-order valence-corrected chi connectivity index (χ4v) is 0.819. The molecule has 0 radical (unpaired) electrons. The zero-order valence-corrected chi connectivity index (χ0v) is 7.34. The van der Waals surface area contributed by atoms with E-state index < -0.39 is 32.6 Å². The van der Waals surface area contributed by atoms with E-state index in [1.54, 1.807) is 0 Å². The summed E-state index contributed by atoms with van der Waals surface area (Å²) < 4.78 is 23.2. The molecule has 9 nitrogen and oxygen atoms in total. The molecule has 1 unspecified atom stereocenters. The molecule has 0 aromatic carbocycles. The molecule has 0 amide bonds. The van der Waals surface area contributed by atoms with Crippen LogP contribution in [0.3, 0.4) is 0 Å². The Morgan fingerprint density at radius 1 is 1.54 bits per heavy atom. The van der Waals surface area contributed by atoms with Gasteiger partial charge in [-0.3, -0.25) is 10.1 Å². The molecule has 0 aliphatic carbocycles. The molecule has 0 bridgehead atoms. The van der Waals surface area contributed by atoms with E-state index in [4.69, 9.17) is 5.11 Å². The second kappa shape index (κ2) is 4.09. The van der Waals surface area contributed by atoms with Gasteiger partial charge in [0.2, 0.25) is 0 Å². The zero-order chi connectivity index (χ0) is 10.6. The minimum absolute atomic E-state index is 0.603. The summed E-state index contributed by atoms with van der Waals surface area (Å²) in [5.41, 5.74) is 0. The fourth-order valence-electron chi connectivity index (χ4n) is 0.418. The van der Waals surface area contributed by atoms with Gasteiger partial charge in [0.05, 0.1) is 11.2 Å². The maximum atomic E-state index is 10.6. The minimum atomic E-state index is -3.99. The predicted molar refractivity (Wildman–Crippen MR) is 38.8 cm³/mol. The molecule has 0 spiro atoms. The summed E-state index contributed by atoms with van der Waals surface area (Å²) in [6.45, 7) is -1.12. The van der Waals surface area contributed by atoms with Gasteiger partial charge >= 0.3 is 16.2 Å². The molecule has 0 aliphatic heterocycles. The summed E-state index contributed by atoms with van der Waals surface area (Å²) in [6.07, 6.45) is -1.48. The Morgan fingerprint density at radius 2 is 2.00 bits per heavy atom. The lowest BCUT2D eigenvalue weighted by molar-refractivity contribution is -0.760. The lowest BCUT2D eigenvalue weighted by atomic mass is 10.6. The first kappa shape index (κ1) is 11.7. The molecule has 1 atom stereocenters. The second-order valence-electron chi connectivity index (χ2n) is 2.07. The van der Waals surface area contributed by atoms with Gasteiger partial charge in [-0.05, 0) is 4.86 Å². The van der Waals surface area contributed by atoms with Gasteiger partial charge < -0.3 is 10.3 Å². The Kier molecular flexibility index (Phi) is 3.69. The number of aliphatic hydroxyl groups excluding tert-OH is 1. The van der Waals surface area contributed by atoms with Crippen LogP contribution in [0.5, 0.6) is 0 Å². The summed E-state index contributed by atoms with van der Waals surface area (Å²) in [4.78, 5) is 8.21. The molecule has 0 saturated heterocycles. The highest BCUT2D eigenvalue weighted by Crippen LogP contribution is 1.95. The van der Waals surface area contributed by atoms with Crippen LogP contribution >= 0.6 is 0 Å². The molecule has 0 heterocycles. The molecule has 1 N–H and O–H groups in total. The molecule has 0 aliphatic rings. The molecule has 0 fully saturated rings. The number of aliphatic hydroxyl groups is 1. The third-order valence-electron chi connectivity index (χ3n) is 0.890. The maximum absolute atomic E-state index is 10.6. The molecule has 76 valence electrons. The van der Waals surface area contributed by atoms with E-state index in [-0.39, 0.29) is 0 Å². The highest BCUT2D eigenvalue weighted by Gasteiger charge is 2.30. The van der Waals surface area contributed by atoms with E-state index >= 15 is 0 Å². The van der Waals surface area contributed by atoms with Gasteiger partial charge in [0.15, 0.2) is 6.61 Å². The van der Waals surface area contributed by atoms with Gasteiger partial charge in [0.25, 0.3) is 0 Å². The van der Waals surface area contributed by atoms with Crippen LogP contribution in [0.15, 0.2) is 4.52 Å². The van der Waals surface area contributed by atoms with Crippen molar-refractivity contribution in [2.45, 2.75) is 6.17 Å². The number of hydrogen-bond donors (Lipinski definition) is 1. The topological polar surface area (TPSA) is 136 Å². The number of rotatable bonds is 4. The Hall–Kier alpha value is -1.29. The SMILES string of the molecule is CS(=O)(=O)N=[N+]([O-])C(CO)[N+](=O)[O-]. The van der Waals surface area contributed by atoms with Crippen LogP contribution in [0.2, 0.25) is 0 Å². The number of hydroxylamine groups is 1. The highest BCUT2D eigenvalue weighted by atomic mass is 32.2. The molecule has 0 aromatic rings. The van der Waals surface area contributed by atoms with Crippen molar-refractivity contribution in [3.8, 4) is 0 Å². The first-order valence-electron chi connectivity index (χ1n) is 2.91. The van der Waals surface area contributed by atoms with Gasteiger partial charge in [-0.15, -0.1) is 0 Å². The lowest BCUT2D eigenvalue weighted by Crippen LogP contribution is -2.33. The predicted octanol–water partition coefficient (Wildman–Crippen LogP) is -1.50. The van der Waals surface area contributed by atoms with Gasteiger partial charge in [-0.1, -0.05) is 0 Å². The Morgan fingerprint density at radius 3 is 2.23 bits per heavy atom. The molecule has 13 heavy (non-hydrogen) atoms. The van der Waals surface area contributed by atoms with Crippen LogP contribution in [-0.2, 0) is 10.0 Å². The number of nitro groups is 1. The van der Waals surface area contributed by atoms with E-state index in [1.165, 1.54) is 0 Å². The van der Waals surface area contributed by atoms with Crippen LogP contribution in [0, 0.1) is 15.3 Å². The van der Waals surface area contributed by atoms with Crippen molar-refractivity contribution in [1.29, 1.82) is 0 Å². The normalized spacial score (nSPS) is 15.4. The molecular formula is C3H7N3O6S. The van der Waals surface area contributed by atoms with E-state index in [0.717, 1.165) is 0 Å². The van der Waals surface area contributed by atoms with Crippen molar-refractivity contribution in [2.24, 2.45) is 4.52 Å². The van der Waals surface area contributed by atoms with E-state index in [1.807, 2.05) is 0 Å². The standard InChI is InChI=1S/C3H7N3O6S/c1-13(11,12)4-5(8)3(2-7)6(9)10/h3,7H,2H2,1H3. The largest absolute Gasteiger partial charge is 0.594 e. The van der Waals surface area contributed by atoms with Gasteiger partial charge in [0.1, 0.15) is 4.52 Å². The summed E-state index contributed by atoms with van der Waals surface area (Å²) in [6, 6.07) is 0. The fraction of sp³-hybridized carbons (Fsp3) is 1.00. The zero-order valence-electron chi connectivity index (χ0n) is 6.52. The smallest absolute Gasteiger partial charge is 0.453 e. The minimum Gasteiger partial charge on any atom is -0.594 e. The van der Waals surface area contributed by atoms with Crippen LogP contribution in [0.25, 0.3) is 0 Å². The summed E-state index contributed by atoms with van der Waals surface area (Å²) >= 11 is 0. The van der Waals surface area contributed by atoms with Gasteiger partial charge in [-0.25, -0.2) is 0 Å². The molecule has 10 heteroatoms. The molecule has 0 saturated carbocycles. The maximum Gasteiger partial charge on any atom is 0.453 e. The molecular weight excluding hydrogens is 206 g/mol. The Labute approximate surface area is 73.1 Å². The lowest BCUT2D eigenvalue weighted by Gasteiger charge is -2.02. The van der Waals surface area contributed by atoms with Crippen LogP contribution in [0.4, 0.5) is 0 Å². The quantitative estimate of drug-likeness (QED) is 0.198. The van der Waals surface area contributed by atoms with Crippen LogP contribution in [0.1, 0.15) is 0 Å². The van der Waals surface area contributed by atoms with E-state index in [9.17, 15) is 23.7 Å².